The van der Waals surface area contributed by atoms with Gasteiger partial charge < -0.3 is 9.88 Å². The second-order valence-electron chi connectivity index (χ2n) is 6.20. The summed E-state index contributed by atoms with van der Waals surface area (Å²) in [4.78, 5) is 13.0. The van der Waals surface area contributed by atoms with E-state index in [4.69, 9.17) is 0 Å². The molecule has 0 unspecified atom stereocenters. The Bertz CT molecular complexity index is 897. The number of carbonyl (C=O) groups is 1. The Labute approximate surface area is 142 Å². The predicted octanol–water partition coefficient (Wildman–Crippen LogP) is 2.77. The summed E-state index contributed by atoms with van der Waals surface area (Å²) in [5.74, 6) is -0.0925. The summed E-state index contributed by atoms with van der Waals surface area (Å²) in [6, 6.07) is 8.54. The predicted molar refractivity (Wildman–Crippen MR) is 92.9 cm³/mol. The fourth-order valence-corrected chi connectivity index (χ4v) is 5.11. The van der Waals surface area contributed by atoms with Gasteiger partial charge in [-0.15, -0.1) is 0 Å². The van der Waals surface area contributed by atoms with Crippen molar-refractivity contribution in [2.24, 2.45) is 0 Å². The second-order valence-corrected chi connectivity index (χ2v) is 8.28. The molecule has 1 amide bonds. The van der Waals surface area contributed by atoms with Gasteiger partial charge in [-0.1, -0.05) is 18.2 Å². The maximum Gasteiger partial charge on any atom is 0.253 e. The summed E-state index contributed by atoms with van der Waals surface area (Å²) >= 11 is 0. The molecule has 0 fully saturated rings. The minimum atomic E-state index is -3.25. The van der Waals surface area contributed by atoms with E-state index in [-0.39, 0.29) is 17.7 Å². The second kappa shape index (κ2) is 6.09. The number of aryl methyl sites for hydroxylation is 1. The van der Waals surface area contributed by atoms with Crippen LogP contribution in [0.25, 0.3) is 0 Å². The Kier molecular flexibility index (Phi) is 4.25. The first-order valence-corrected chi connectivity index (χ1v) is 9.79. The lowest BCUT2D eigenvalue weighted by atomic mass is 10.0. The van der Waals surface area contributed by atoms with E-state index >= 15 is 0 Å². The summed E-state index contributed by atoms with van der Waals surface area (Å²) in [6.45, 7) is 6.78. The van der Waals surface area contributed by atoms with Crippen molar-refractivity contribution in [2.45, 2.75) is 44.7 Å². The van der Waals surface area contributed by atoms with Crippen molar-refractivity contribution >= 4 is 15.7 Å². The zero-order valence-corrected chi connectivity index (χ0v) is 15.0. The monoisotopic (exact) mass is 346 g/mol. The van der Waals surface area contributed by atoms with Crippen molar-refractivity contribution in [1.29, 1.82) is 0 Å². The first kappa shape index (κ1) is 16.8. The van der Waals surface area contributed by atoms with Gasteiger partial charge in [-0.3, -0.25) is 4.79 Å². The van der Waals surface area contributed by atoms with Gasteiger partial charge in [0.2, 0.25) is 0 Å². The molecular formula is C18H22N2O3S. The van der Waals surface area contributed by atoms with Gasteiger partial charge in [0, 0.05) is 17.9 Å². The number of hydrogen-bond acceptors (Lipinski definition) is 3. The quantitative estimate of drug-likeness (QED) is 0.929. The van der Waals surface area contributed by atoms with E-state index in [0.717, 1.165) is 17.9 Å². The van der Waals surface area contributed by atoms with Gasteiger partial charge in [0.25, 0.3) is 5.91 Å². The summed E-state index contributed by atoms with van der Waals surface area (Å²) in [6.07, 6.45) is 0.400. The van der Waals surface area contributed by atoms with Crippen molar-refractivity contribution in [1.82, 2.24) is 9.88 Å². The molecule has 5 nitrogen and oxygen atoms in total. The van der Waals surface area contributed by atoms with Crippen LogP contribution in [0.1, 0.15) is 46.7 Å². The highest BCUT2D eigenvalue weighted by Crippen LogP contribution is 2.32. The highest BCUT2D eigenvalue weighted by atomic mass is 32.2. The molecule has 0 saturated carbocycles. The van der Waals surface area contributed by atoms with E-state index in [2.05, 4.69) is 9.88 Å². The van der Waals surface area contributed by atoms with Gasteiger partial charge in [0.05, 0.1) is 22.3 Å². The van der Waals surface area contributed by atoms with Crippen molar-refractivity contribution in [3.05, 3.63) is 52.8 Å². The number of fused-ring (bicyclic) bond motifs is 1. The van der Waals surface area contributed by atoms with Crippen molar-refractivity contribution in [2.75, 3.05) is 5.75 Å². The molecule has 1 aromatic heterocycles. The molecule has 0 bridgehead atoms. The highest BCUT2D eigenvalue weighted by Gasteiger charge is 2.31. The van der Waals surface area contributed by atoms with Gasteiger partial charge >= 0.3 is 0 Å². The number of aromatic nitrogens is 1. The fraction of sp³-hybridized carbons (Fsp3) is 0.389. The SMILES string of the molecule is CCn1c(C)cc(C(=O)N[C@@H]2CCS(=O)(=O)c3ccccc32)c1C. The first-order chi connectivity index (χ1) is 11.3. The maximum absolute atomic E-state index is 12.7. The third-order valence-electron chi connectivity index (χ3n) is 4.74. The van der Waals surface area contributed by atoms with Gasteiger partial charge in [0.15, 0.2) is 9.84 Å². The number of rotatable bonds is 3. The lowest BCUT2D eigenvalue weighted by Crippen LogP contribution is -2.34. The summed E-state index contributed by atoms with van der Waals surface area (Å²) in [7, 11) is -3.25. The molecular weight excluding hydrogens is 324 g/mol. The van der Waals surface area contributed by atoms with Gasteiger partial charge in [-0.2, -0.15) is 0 Å². The number of benzene rings is 1. The van der Waals surface area contributed by atoms with Crippen molar-refractivity contribution in [3.8, 4) is 0 Å². The Morgan fingerprint density at radius 1 is 1.29 bits per heavy atom. The largest absolute Gasteiger partial charge is 0.349 e. The van der Waals surface area contributed by atoms with E-state index in [9.17, 15) is 13.2 Å². The number of amides is 1. The highest BCUT2D eigenvalue weighted by molar-refractivity contribution is 7.91. The Morgan fingerprint density at radius 2 is 2.00 bits per heavy atom. The molecule has 6 heteroatoms. The maximum atomic E-state index is 12.7. The molecule has 0 radical (unpaired) electrons. The molecule has 1 atom stereocenters. The molecule has 1 aliphatic rings. The Hall–Kier alpha value is -2.08. The third-order valence-corrected chi connectivity index (χ3v) is 6.56. The minimum absolute atomic E-state index is 0.0585. The van der Waals surface area contributed by atoms with E-state index in [1.54, 1.807) is 18.2 Å². The molecule has 128 valence electrons. The number of hydrogen-bond donors (Lipinski definition) is 1. The van der Waals surface area contributed by atoms with Crippen LogP contribution >= 0.6 is 0 Å². The zero-order chi connectivity index (χ0) is 17.5. The molecule has 1 aliphatic heterocycles. The number of sulfone groups is 1. The first-order valence-electron chi connectivity index (χ1n) is 8.14. The van der Waals surface area contributed by atoms with Crippen LogP contribution < -0.4 is 5.32 Å². The summed E-state index contributed by atoms with van der Waals surface area (Å²) in [5, 5.41) is 3.02. The smallest absolute Gasteiger partial charge is 0.253 e. The van der Waals surface area contributed by atoms with Gasteiger partial charge in [-0.05, 0) is 44.9 Å². The number of nitrogens with zero attached hydrogens (tertiary/aromatic N) is 1. The third kappa shape index (κ3) is 2.75. The van der Waals surface area contributed by atoms with Crippen LogP contribution in [0, 0.1) is 13.8 Å². The van der Waals surface area contributed by atoms with Crippen LogP contribution in [0.15, 0.2) is 35.2 Å². The molecule has 0 aliphatic carbocycles. The molecule has 3 rings (SSSR count). The van der Waals surface area contributed by atoms with E-state index < -0.39 is 9.84 Å². The molecule has 24 heavy (non-hydrogen) atoms. The van der Waals surface area contributed by atoms with Crippen LogP contribution in [0.2, 0.25) is 0 Å². The van der Waals surface area contributed by atoms with Crippen molar-refractivity contribution < 1.29 is 13.2 Å². The van der Waals surface area contributed by atoms with Crippen LogP contribution in [0.4, 0.5) is 0 Å². The average molecular weight is 346 g/mol. The van der Waals surface area contributed by atoms with Crippen LogP contribution in [-0.4, -0.2) is 24.6 Å². The lowest BCUT2D eigenvalue weighted by molar-refractivity contribution is 0.0934. The minimum Gasteiger partial charge on any atom is -0.349 e. The standard InChI is InChI=1S/C18H22N2O3S/c1-4-20-12(2)11-15(13(20)3)18(21)19-16-9-10-24(22,23)17-8-6-5-7-14(16)17/h5-8,11,16H,4,9-10H2,1-3H3,(H,19,21)/t16-/m1/s1. The number of carbonyl (C=O) groups excluding carboxylic acids is 1. The van der Waals surface area contributed by atoms with E-state index in [1.807, 2.05) is 32.9 Å². The molecule has 2 aromatic rings. The fourth-order valence-electron chi connectivity index (χ4n) is 3.49. The zero-order valence-electron chi connectivity index (χ0n) is 14.2. The van der Waals surface area contributed by atoms with E-state index in [1.165, 1.54) is 0 Å². The summed E-state index contributed by atoms with van der Waals surface area (Å²) in [5.41, 5.74) is 3.32. The Morgan fingerprint density at radius 3 is 2.67 bits per heavy atom. The van der Waals surface area contributed by atoms with E-state index in [0.29, 0.717) is 22.4 Å². The van der Waals surface area contributed by atoms with Crippen LogP contribution in [0.5, 0.6) is 0 Å². The lowest BCUT2D eigenvalue weighted by Gasteiger charge is -2.26. The van der Waals surface area contributed by atoms with Gasteiger partial charge in [-0.25, -0.2) is 8.42 Å². The van der Waals surface area contributed by atoms with Gasteiger partial charge in [0.1, 0.15) is 0 Å². The van der Waals surface area contributed by atoms with Crippen LogP contribution in [-0.2, 0) is 16.4 Å². The normalized spacial score (nSPS) is 18.9. The molecule has 0 spiro atoms. The topological polar surface area (TPSA) is 68.2 Å². The molecule has 0 saturated heterocycles. The molecule has 1 N–H and O–H groups in total. The van der Waals surface area contributed by atoms with Crippen molar-refractivity contribution in [3.63, 3.8) is 0 Å². The summed E-state index contributed by atoms with van der Waals surface area (Å²) < 4.78 is 26.5. The average Bonchev–Trinajstić information content (AvgIpc) is 2.84. The number of nitrogens with one attached hydrogen (secondary N) is 1. The molecule has 2 heterocycles. The Balaban J connectivity index is 1.91. The molecule has 1 aromatic carbocycles. The van der Waals surface area contributed by atoms with Crippen LogP contribution in [0.3, 0.4) is 0 Å².